The Morgan fingerprint density at radius 2 is 2.07 bits per heavy atom. The second kappa shape index (κ2) is 2.84. The van der Waals surface area contributed by atoms with Crippen molar-refractivity contribution in [2.45, 2.75) is 25.2 Å². The van der Waals surface area contributed by atoms with Gasteiger partial charge in [-0.2, -0.15) is 0 Å². The van der Waals surface area contributed by atoms with Crippen molar-refractivity contribution in [2.24, 2.45) is 16.6 Å². The molecule has 0 amide bonds. The van der Waals surface area contributed by atoms with Gasteiger partial charge < -0.3 is 5.73 Å². The number of fused-ring (bicyclic) bond motifs is 3. The summed E-state index contributed by atoms with van der Waals surface area (Å²) in [4.78, 5) is 4.47. The van der Waals surface area contributed by atoms with Gasteiger partial charge in [0.15, 0.2) is 0 Å². The molecule has 2 nitrogen and oxygen atoms in total. The van der Waals surface area contributed by atoms with E-state index < -0.39 is 0 Å². The van der Waals surface area contributed by atoms with E-state index in [1.165, 1.54) is 18.4 Å². The van der Waals surface area contributed by atoms with Crippen molar-refractivity contribution in [3.63, 3.8) is 0 Å². The highest BCUT2D eigenvalue weighted by Crippen LogP contribution is 2.48. The van der Waals surface area contributed by atoms with Gasteiger partial charge in [0.05, 0.1) is 11.5 Å². The number of hydrogen-bond acceptors (Lipinski definition) is 2. The van der Waals surface area contributed by atoms with Crippen LogP contribution < -0.4 is 5.73 Å². The van der Waals surface area contributed by atoms with Crippen molar-refractivity contribution in [3.05, 3.63) is 29.8 Å². The van der Waals surface area contributed by atoms with Crippen molar-refractivity contribution in [3.8, 4) is 0 Å². The van der Waals surface area contributed by atoms with Crippen LogP contribution in [0.15, 0.2) is 29.3 Å². The molecule has 14 heavy (non-hydrogen) atoms. The van der Waals surface area contributed by atoms with E-state index in [9.17, 15) is 0 Å². The fraction of sp³-hybridized carbons (Fsp3) is 0.417. The lowest BCUT2D eigenvalue weighted by Gasteiger charge is -2.35. The van der Waals surface area contributed by atoms with Crippen LogP contribution in [0.1, 0.15) is 30.7 Å². The third-order valence-corrected chi connectivity index (χ3v) is 3.49. The number of benzene rings is 1. The molecule has 0 bridgehead atoms. The normalized spacial score (nSPS) is 29.3. The number of aliphatic imine (C=N–C) groups is 1. The van der Waals surface area contributed by atoms with Gasteiger partial charge in [-0.15, -0.1) is 0 Å². The number of nitrogens with zero attached hydrogens (tertiary/aromatic N) is 1. The number of hydrogen-bond donors (Lipinski definition) is 1. The number of nitrogens with two attached hydrogens (primary N) is 1. The highest BCUT2D eigenvalue weighted by atomic mass is 14.9. The highest BCUT2D eigenvalue weighted by Gasteiger charge is 2.35. The zero-order chi connectivity index (χ0) is 9.54. The first kappa shape index (κ1) is 8.04. The third-order valence-electron chi connectivity index (χ3n) is 3.49. The summed E-state index contributed by atoms with van der Waals surface area (Å²) in [7, 11) is 0. The Morgan fingerprint density at radius 1 is 1.21 bits per heavy atom. The zero-order valence-corrected chi connectivity index (χ0v) is 8.11. The largest absolute Gasteiger partial charge is 0.387 e. The van der Waals surface area contributed by atoms with Crippen molar-refractivity contribution >= 4 is 11.5 Å². The Morgan fingerprint density at radius 3 is 2.86 bits per heavy atom. The molecule has 0 radical (unpaired) electrons. The van der Waals surface area contributed by atoms with Crippen molar-refractivity contribution in [1.82, 2.24) is 0 Å². The van der Waals surface area contributed by atoms with Crippen molar-refractivity contribution in [1.29, 1.82) is 0 Å². The lowest BCUT2D eigenvalue weighted by molar-refractivity contribution is 0.266. The van der Waals surface area contributed by atoms with Gasteiger partial charge in [0.1, 0.15) is 0 Å². The average molecular weight is 186 g/mol. The minimum atomic E-state index is 0.719. The molecule has 1 heterocycles. The molecule has 1 unspecified atom stereocenters. The molecule has 1 aromatic rings. The summed E-state index contributed by atoms with van der Waals surface area (Å²) in [6, 6.07) is 8.41. The molecule has 2 N–H and O–H groups in total. The van der Waals surface area contributed by atoms with Crippen molar-refractivity contribution in [2.75, 3.05) is 0 Å². The third kappa shape index (κ3) is 1.07. The Balaban J connectivity index is 2.13. The molecule has 2 atom stereocenters. The van der Waals surface area contributed by atoms with E-state index in [0.29, 0.717) is 0 Å². The maximum absolute atomic E-state index is 5.89. The van der Waals surface area contributed by atoms with Crippen LogP contribution in [0.3, 0.4) is 0 Å². The standard InChI is InChI=1S/C12H14N2/c13-12-7-8-5-6-9(8)10-3-1-2-4-11(10)14-12/h1-4,8-9H,5-7H2,(H2,13,14)/t8?,9-/m1/s1. The molecule has 2 heteroatoms. The summed E-state index contributed by atoms with van der Waals surface area (Å²) in [5.74, 6) is 2.28. The first-order valence-corrected chi connectivity index (χ1v) is 5.26. The molecule has 1 aliphatic carbocycles. The predicted molar refractivity (Wildman–Crippen MR) is 57.8 cm³/mol. The van der Waals surface area contributed by atoms with Crippen LogP contribution in [-0.4, -0.2) is 5.84 Å². The van der Waals surface area contributed by atoms with Crippen LogP contribution in [0.2, 0.25) is 0 Å². The molecule has 72 valence electrons. The fourth-order valence-electron chi connectivity index (χ4n) is 2.59. The molecular formula is C12H14N2. The summed E-state index contributed by atoms with van der Waals surface area (Å²) < 4.78 is 0. The first-order chi connectivity index (χ1) is 6.84. The minimum Gasteiger partial charge on any atom is -0.387 e. The van der Waals surface area contributed by atoms with Crippen LogP contribution in [0.4, 0.5) is 5.69 Å². The van der Waals surface area contributed by atoms with E-state index in [1.807, 2.05) is 6.07 Å². The Hall–Kier alpha value is -1.31. The Kier molecular flexibility index (Phi) is 1.63. The molecule has 0 spiro atoms. The molecule has 1 aliphatic heterocycles. The minimum absolute atomic E-state index is 0.719. The second-order valence-corrected chi connectivity index (χ2v) is 4.31. The topological polar surface area (TPSA) is 38.4 Å². The summed E-state index contributed by atoms with van der Waals surface area (Å²) in [5.41, 5.74) is 8.39. The molecule has 3 rings (SSSR count). The van der Waals surface area contributed by atoms with Gasteiger partial charge in [0.2, 0.25) is 0 Å². The summed E-state index contributed by atoms with van der Waals surface area (Å²) >= 11 is 0. The highest BCUT2D eigenvalue weighted by molar-refractivity contribution is 5.85. The summed E-state index contributed by atoms with van der Waals surface area (Å²) in [6.45, 7) is 0. The van der Waals surface area contributed by atoms with E-state index >= 15 is 0 Å². The maximum Gasteiger partial charge on any atom is 0.0999 e. The summed E-state index contributed by atoms with van der Waals surface area (Å²) in [5, 5.41) is 0. The van der Waals surface area contributed by atoms with E-state index in [1.54, 1.807) is 0 Å². The second-order valence-electron chi connectivity index (χ2n) is 4.31. The molecular weight excluding hydrogens is 172 g/mol. The molecule has 1 saturated carbocycles. The van der Waals surface area contributed by atoms with E-state index in [-0.39, 0.29) is 0 Å². The Labute approximate surface area is 83.8 Å². The van der Waals surface area contributed by atoms with Gasteiger partial charge in [-0.1, -0.05) is 18.2 Å². The molecule has 1 fully saturated rings. The van der Waals surface area contributed by atoms with Crippen LogP contribution in [0.5, 0.6) is 0 Å². The van der Waals surface area contributed by atoms with Crippen LogP contribution >= 0.6 is 0 Å². The van der Waals surface area contributed by atoms with Gasteiger partial charge in [0.25, 0.3) is 0 Å². The summed E-state index contributed by atoms with van der Waals surface area (Å²) in [6.07, 6.45) is 3.61. The van der Waals surface area contributed by atoms with Gasteiger partial charge in [-0.25, -0.2) is 4.99 Å². The first-order valence-electron chi connectivity index (χ1n) is 5.26. The quantitative estimate of drug-likeness (QED) is 0.664. The monoisotopic (exact) mass is 186 g/mol. The smallest absolute Gasteiger partial charge is 0.0999 e. The molecule has 2 aliphatic rings. The number of para-hydroxylation sites is 1. The lowest BCUT2D eigenvalue weighted by Crippen LogP contribution is -2.27. The van der Waals surface area contributed by atoms with Gasteiger partial charge in [-0.3, -0.25) is 0 Å². The average Bonchev–Trinajstić information content (AvgIpc) is 2.23. The van der Waals surface area contributed by atoms with Gasteiger partial charge in [-0.05, 0) is 36.3 Å². The van der Waals surface area contributed by atoms with E-state index in [2.05, 4.69) is 23.2 Å². The maximum atomic E-state index is 5.89. The van der Waals surface area contributed by atoms with Crippen molar-refractivity contribution < 1.29 is 0 Å². The van der Waals surface area contributed by atoms with E-state index in [4.69, 9.17) is 5.73 Å². The SMILES string of the molecule is NC1=Nc2ccccc2[C@@H]2CCC2C1. The van der Waals surface area contributed by atoms with E-state index in [0.717, 1.165) is 29.8 Å². The van der Waals surface area contributed by atoms with Crippen LogP contribution in [0, 0.1) is 5.92 Å². The number of rotatable bonds is 0. The zero-order valence-electron chi connectivity index (χ0n) is 8.11. The lowest BCUT2D eigenvalue weighted by atomic mass is 9.68. The molecule has 1 aromatic carbocycles. The fourth-order valence-corrected chi connectivity index (χ4v) is 2.59. The molecule has 0 saturated heterocycles. The molecule has 0 aromatic heterocycles. The van der Waals surface area contributed by atoms with Crippen LogP contribution in [-0.2, 0) is 0 Å². The van der Waals surface area contributed by atoms with Crippen LogP contribution in [0.25, 0.3) is 0 Å². The van der Waals surface area contributed by atoms with Gasteiger partial charge >= 0.3 is 0 Å². The van der Waals surface area contributed by atoms with Gasteiger partial charge in [0, 0.05) is 6.42 Å². The number of amidine groups is 1. The predicted octanol–water partition coefficient (Wildman–Crippen LogP) is 2.57. The Bertz CT molecular complexity index is 395.